The summed E-state index contributed by atoms with van der Waals surface area (Å²) in [7, 11) is -7.71. The minimum absolute atomic E-state index is 0.00564. The van der Waals surface area contributed by atoms with Crippen molar-refractivity contribution in [2.75, 3.05) is 30.3 Å². The van der Waals surface area contributed by atoms with Crippen LogP contribution in [0.3, 0.4) is 0 Å². The average Bonchev–Trinajstić information content (AvgIpc) is 4.11. The summed E-state index contributed by atoms with van der Waals surface area (Å²) in [6.45, 7) is -0.108. The molecule has 4 atom stereocenters. The van der Waals surface area contributed by atoms with Crippen molar-refractivity contribution in [1.29, 1.82) is 0 Å². The van der Waals surface area contributed by atoms with Crippen LogP contribution in [0, 0.1) is 0 Å². The van der Waals surface area contributed by atoms with Gasteiger partial charge in [-0.25, -0.2) is 26.8 Å². The number of amides is 2. The molecule has 4 aliphatic heterocycles. The highest BCUT2D eigenvalue weighted by molar-refractivity contribution is 7.91. The zero-order valence-electron chi connectivity index (χ0n) is 43.3. The summed E-state index contributed by atoms with van der Waals surface area (Å²) in [4.78, 5) is 44.2. The Kier molecular flexibility index (Phi) is 13.4. The molecule has 3 N–H and O–H groups in total. The number of benzene rings is 8. The Morgan fingerprint density at radius 1 is 0.487 bits per heavy atom. The molecule has 0 aromatic heterocycles. The highest BCUT2D eigenvalue weighted by atomic mass is 32.2. The molecule has 16 heteroatoms. The summed E-state index contributed by atoms with van der Waals surface area (Å²) in [6, 6.07) is 61.0. The Hall–Kier alpha value is -8.86. The molecule has 2 amide bonds. The van der Waals surface area contributed by atoms with Crippen LogP contribution in [-0.4, -0.2) is 91.0 Å². The lowest BCUT2D eigenvalue weighted by Crippen LogP contribution is -2.50. The van der Waals surface area contributed by atoms with Gasteiger partial charge in [0, 0.05) is 67.0 Å². The van der Waals surface area contributed by atoms with Crippen molar-refractivity contribution in [2.24, 2.45) is 9.98 Å². The van der Waals surface area contributed by atoms with E-state index in [1.54, 1.807) is 89.8 Å². The van der Waals surface area contributed by atoms with E-state index >= 15 is 9.59 Å². The normalized spacial score (nSPS) is 20.4. The molecule has 4 heterocycles. The molecule has 0 saturated carbocycles. The molecule has 0 saturated heterocycles. The summed E-state index contributed by atoms with van der Waals surface area (Å²) in [5.41, 5.74) is 11.1. The van der Waals surface area contributed by atoms with Gasteiger partial charge >= 0.3 is 0 Å². The lowest BCUT2D eigenvalue weighted by molar-refractivity contribution is -0.140. The number of nitrogens with zero attached hydrogens (tertiary/aromatic N) is 4. The van der Waals surface area contributed by atoms with Gasteiger partial charge in [0.25, 0.3) is 11.8 Å². The third-order valence-corrected chi connectivity index (χ3v) is 18.9. The predicted octanol–water partition coefficient (Wildman–Crippen LogP) is 9.27. The molecule has 0 radical (unpaired) electrons. The number of phenols is 1. The van der Waals surface area contributed by atoms with E-state index in [2.05, 4.69) is 0 Å². The molecule has 12 rings (SSSR count). The third-order valence-electron chi connectivity index (χ3n) is 15.5. The van der Waals surface area contributed by atoms with Crippen LogP contribution < -0.4 is 5.73 Å². The van der Waals surface area contributed by atoms with Gasteiger partial charge in [0.2, 0.25) is 11.8 Å². The van der Waals surface area contributed by atoms with E-state index in [1.165, 1.54) is 4.90 Å². The number of nitrogens with two attached hydrogens (primary N) is 1. The zero-order chi connectivity index (χ0) is 55.2. The molecule has 0 aliphatic carbocycles. The Bertz CT molecular complexity index is 3960. The van der Waals surface area contributed by atoms with E-state index in [-0.39, 0.29) is 83.8 Å². The first-order valence-corrected chi connectivity index (χ1v) is 29.7. The maximum Gasteiger partial charge on any atom is 0.255 e. The van der Waals surface area contributed by atoms with Crippen LogP contribution in [0.15, 0.2) is 226 Å². The predicted molar refractivity (Wildman–Crippen MR) is 305 cm³/mol. The standard InChI is InChI=1S/C64H55N5O9S2/c65-51-27-31-55-49(37-51)41-68(33-35-79(73,74)53-19-11-4-12-20-53)61(71)63(39-43-13-5-1-6-14-43)57(55)78-60(67-63)48-23-21-45(22-24-48)46-25-29-54(30-26-46)80(75,76)36-34-69-42-50-38-52(70)28-32-56(50)58-64(62(69)72,40-44-15-7-2-8-16-44)66-59(77-58)47-17-9-3-10-18-47/h1-32,37-38,57-58,70H,33-36,39-42,65H2/t57-,58-,63-,64-/m0/s1. The number of hydrogen-bond acceptors (Lipinski definition) is 12. The molecule has 0 fully saturated rings. The SMILES string of the molecule is Nc1ccc2c(c1)CN(CCS(=O)(=O)c1ccccc1)C(=O)[C@@]1(Cc3ccccc3)N=C(c3ccc(-c4ccc(S(=O)(=O)CCN5Cc6cc(O)ccc6[C@@H]6OC(c7ccccc7)=N[C@]6(Cc6ccccc6)C5=O)cc4)cc3)O[C@@H]21. The van der Waals surface area contributed by atoms with Gasteiger partial charge in [-0.1, -0.05) is 133 Å². The van der Waals surface area contributed by atoms with Crippen LogP contribution in [0.1, 0.15) is 56.7 Å². The zero-order valence-corrected chi connectivity index (χ0v) is 45.0. The number of fused-ring (bicyclic) bond motifs is 6. The number of anilines is 1. The molecule has 8 aromatic carbocycles. The van der Waals surface area contributed by atoms with Gasteiger partial charge in [-0.05, 0) is 106 Å². The first-order valence-electron chi connectivity index (χ1n) is 26.3. The summed E-state index contributed by atoms with van der Waals surface area (Å²) in [5, 5.41) is 10.7. The fourth-order valence-corrected chi connectivity index (χ4v) is 14.0. The quantitative estimate of drug-likeness (QED) is 0.0933. The Morgan fingerprint density at radius 2 is 0.887 bits per heavy atom. The Balaban J connectivity index is 0.807. The largest absolute Gasteiger partial charge is 0.508 e. The summed E-state index contributed by atoms with van der Waals surface area (Å²) >= 11 is 0. The number of phenolic OH excluding ortho intramolecular Hbond substituents is 1. The smallest absolute Gasteiger partial charge is 0.255 e. The van der Waals surface area contributed by atoms with E-state index in [4.69, 9.17) is 25.2 Å². The molecule has 4 aliphatic rings. The number of sulfone groups is 2. The van der Waals surface area contributed by atoms with Gasteiger partial charge in [-0.15, -0.1) is 0 Å². The van der Waals surface area contributed by atoms with E-state index in [0.717, 1.165) is 33.4 Å². The molecule has 8 aromatic rings. The van der Waals surface area contributed by atoms with Gasteiger partial charge in [0.1, 0.15) is 5.75 Å². The van der Waals surface area contributed by atoms with Gasteiger partial charge in [0.15, 0.2) is 43.0 Å². The number of aliphatic imine (C=N–C) groups is 2. The molecule has 402 valence electrons. The van der Waals surface area contributed by atoms with Crippen LogP contribution >= 0.6 is 0 Å². The molecule has 14 nitrogen and oxygen atoms in total. The van der Waals surface area contributed by atoms with Crippen molar-refractivity contribution >= 4 is 49.0 Å². The number of aromatic hydroxyl groups is 1. The van der Waals surface area contributed by atoms with Crippen LogP contribution in [0.4, 0.5) is 5.69 Å². The molecular formula is C64H55N5O9S2. The number of rotatable bonds is 15. The number of carbonyl (C=O) groups excluding carboxylic acids is 2. The lowest BCUT2D eigenvalue weighted by atomic mass is 9.81. The number of hydrogen-bond donors (Lipinski definition) is 2. The van der Waals surface area contributed by atoms with E-state index < -0.39 is 43.0 Å². The van der Waals surface area contributed by atoms with Crippen molar-refractivity contribution in [3.05, 3.63) is 251 Å². The van der Waals surface area contributed by atoms with E-state index in [0.29, 0.717) is 33.8 Å². The highest BCUT2D eigenvalue weighted by Crippen LogP contribution is 2.49. The van der Waals surface area contributed by atoms with Crippen LogP contribution in [0.25, 0.3) is 11.1 Å². The Labute approximate surface area is 464 Å². The maximum absolute atomic E-state index is 15.3. The fraction of sp³-hybridized carbons (Fsp3) is 0.188. The first kappa shape index (κ1) is 51.9. The number of nitrogen functional groups attached to an aromatic ring is 1. The van der Waals surface area contributed by atoms with Gasteiger partial charge in [0.05, 0.1) is 21.3 Å². The maximum atomic E-state index is 15.3. The average molecular weight is 1100 g/mol. The summed E-state index contributed by atoms with van der Waals surface area (Å²) < 4.78 is 69.2. The van der Waals surface area contributed by atoms with E-state index in [1.807, 2.05) is 121 Å². The second-order valence-electron chi connectivity index (χ2n) is 20.7. The van der Waals surface area contributed by atoms with Crippen molar-refractivity contribution in [3.63, 3.8) is 0 Å². The molecule has 0 unspecified atom stereocenters. The fourth-order valence-electron chi connectivity index (χ4n) is 11.4. The van der Waals surface area contributed by atoms with Crippen LogP contribution in [0.5, 0.6) is 5.75 Å². The Morgan fingerprint density at radius 3 is 1.39 bits per heavy atom. The van der Waals surface area contributed by atoms with Crippen molar-refractivity contribution < 1.29 is 41.0 Å². The van der Waals surface area contributed by atoms with Crippen LogP contribution in [-0.2, 0) is 64.7 Å². The van der Waals surface area contributed by atoms with Gasteiger partial charge in [-0.3, -0.25) is 9.59 Å². The summed E-state index contributed by atoms with van der Waals surface area (Å²) in [6.07, 6.45) is -1.38. The molecule has 80 heavy (non-hydrogen) atoms. The third kappa shape index (κ3) is 9.78. The topological polar surface area (TPSA) is 198 Å². The minimum Gasteiger partial charge on any atom is -0.508 e. The van der Waals surface area contributed by atoms with Gasteiger partial charge in [-0.2, -0.15) is 0 Å². The highest BCUT2D eigenvalue weighted by Gasteiger charge is 2.58. The molecular weight excluding hydrogens is 1050 g/mol. The second kappa shape index (κ2) is 20.7. The van der Waals surface area contributed by atoms with E-state index in [9.17, 15) is 21.9 Å². The van der Waals surface area contributed by atoms with Gasteiger partial charge < -0.3 is 30.1 Å². The minimum atomic E-state index is -3.96. The first-order chi connectivity index (χ1) is 38.7. The monoisotopic (exact) mass is 1100 g/mol. The lowest BCUT2D eigenvalue weighted by Gasteiger charge is -2.32. The number of ether oxygens (including phenoxy) is 2. The van der Waals surface area contributed by atoms with Crippen molar-refractivity contribution in [2.45, 2.75) is 59.0 Å². The second-order valence-corrected chi connectivity index (χ2v) is 24.9. The molecule has 0 bridgehead atoms. The van der Waals surface area contributed by atoms with Crippen molar-refractivity contribution in [1.82, 2.24) is 9.80 Å². The molecule has 0 spiro atoms. The van der Waals surface area contributed by atoms with Crippen LogP contribution in [0.2, 0.25) is 0 Å². The summed E-state index contributed by atoms with van der Waals surface area (Å²) in [5.74, 6) is -0.897. The van der Waals surface area contributed by atoms with Crippen molar-refractivity contribution in [3.8, 4) is 16.9 Å². The number of carbonyl (C=O) groups is 2.